The molecule has 1 unspecified atom stereocenters. The average Bonchev–Trinajstić information content (AvgIpc) is 3.56. The van der Waals surface area contributed by atoms with Crippen molar-refractivity contribution in [3.63, 3.8) is 0 Å². The fraction of sp³-hybridized carbons (Fsp3) is 0.320. The first-order chi connectivity index (χ1) is 18.6. The van der Waals surface area contributed by atoms with Gasteiger partial charge in [-0.25, -0.2) is 9.97 Å². The zero-order valence-electron chi connectivity index (χ0n) is 21.3. The second-order valence-corrected chi connectivity index (χ2v) is 8.81. The second-order valence-electron chi connectivity index (χ2n) is 8.81. The Bertz CT molecular complexity index is 1480. The molecule has 2 amide bonds. The van der Waals surface area contributed by atoms with E-state index >= 15 is 0 Å². The zero-order valence-corrected chi connectivity index (χ0v) is 21.3. The Morgan fingerprint density at radius 3 is 2.64 bits per heavy atom. The van der Waals surface area contributed by atoms with E-state index < -0.39 is 17.9 Å². The van der Waals surface area contributed by atoms with Crippen molar-refractivity contribution in [3.05, 3.63) is 59.8 Å². The van der Waals surface area contributed by atoms with Crippen LogP contribution in [0.5, 0.6) is 0 Å². The third-order valence-corrected chi connectivity index (χ3v) is 5.97. The number of halogens is 3. The normalized spacial score (nSPS) is 12.4. The number of imidazole rings is 1. The van der Waals surface area contributed by atoms with Crippen molar-refractivity contribution in [2.24, 2.45) is 5.73 Å². The van der Waals surface area contributed by atoms with Crippen LogP contribution in [0, 0.1) is 0 Å². The monoisotopic (exact) mass is 543 g/mol. The largest absolute Gasteiger partial charge is 0.433 e. The first-order valence-corrected chi connectivity index (χ1v) is 12.2. The summed E-state index contributed by atoms with van der Waals surface area (Å²) in [6.45, 7) is 4.29. The molecule has 0 radical (unpaired) electrons. The Hall–Kier alpha value is -4.46. The van der Waals surface area contributed by atoms with Crippen LogP contribution in [0.2, 0.25) is 0 Å². The number of benzene rings is 1. The average molecular weight is 544 g/mol. The zero-order chi connectivity index (χ0) is 28.2. The van der Waals surface area contributed by atoms with Gasteiger partial charge in [0.1, 0.15) is 5.69 Å². The van der Waals surface area contributed by atoms with Gasteiger partial charge in [-0.15, -0.1) is 0 Å². The van der Waals surface area contributed by atoms with E-state index in [1.165, 1.54) is 23.0 Å². The van der Waals surface area contributed by atoms with E-state index in [0.29, 0.717) is 48.6 Å². The lowest BCUT2D eigenvalue weighted by Crippen LogP contribution is -2.39. The van der Waals surface area contributed by atoms with Crippen molar-refractivity contribution < 1.29 is 22.8 Å². The van der Waals surface area contributed by atoms with Crippen LogP contribution in [-0.4, -0.2) is 55.5 Å². The molecular formula is C25H28F3N9O2. The molecule has 0 saturated carbocycles. The fourth-order valence-electron chi connectivity index (χ4n) is 3.98. The summed E-state index contributed by atoms with van der Waals surface area (Å²) in [5.74, 6) is -0.161. The van der Waals surface area contributed by atoms with E-state index in [0.717, 1.165) is 11.8 Å². The lowest BCUT2D eigenvalue weighted by atomic mass is 10.0. The Labute approximate surface area is 221 Å². The molecule has 0 aliphatic heterocycles. The van der Waals surface area contributed by atoms with Gasteiger partial charge in [-0.1, -0.05) is 6.92 Å². The van der Waals surface area contributed by atoms with Crippen LogP contribution in [0.3, 0.4) is 0 Å². The number of anilines is 2. The predicted molar refractivity (Wildman–Crippen MR) is 138 cm³/mol. The highest BCUT2D eigenvalue weighted by Gasteiger charge is 2.36. The summed E-state index contributed by atoms with van der Waals surface area (Å²) in [7, 11) is 0. The number of nitrogens with two attached hydrogens (primary N) is 1. The minimum atomic E-state index is -4.60. The molecule has 39 heavy (non-hydrogen) atoms. The number of amides is 2. The summed E-state index contributed by atoms with van der Waals surface area (Å²) in [5.41, 5.74) is 6.85. The number of aromatic nitrogens is 5. The standard InChI is InChI=1S/C25H28F3N9O2/c1-3-15-11-16(5-6-17(15)24(39)32-8-4-7-31-23(38)14(2)29)35-21-22-33-13-19(37(22)10-9-30-21)18-12-34-36-20(18)25(26,27)28/h5-6,9-14H,3-4,7-8,29H2,1-2H3,(H,30,35)(H,31,38)(H,32,39)(H,34,36). The van der Waals surface area contributed by atoms with Crippen LogP contribution in [0.1, 0.15) is 41.9 Å². The Morgan fingerprint density at radius 1 is 1.15 bits per heavy atom. The maximum absolute atomic E-state index is 13.4. The van der Waals surface area contributed by atoms with Crippen molar-refractivity contribution in [3.8, 4) is 11.3 Å². The van der Waals surface area contributed by atoms with Crippen molar-refractivity contribution >= 4 is 29.0 Å². The van der Waals surface area contributed by atoms with Gasteiger partial charge in [0.25, 0.3) is 5.91 Å². The molecule has 11 nitrogen and oxygen atoms in total. The molecule has 0 bridgehead atoms. The van der Waals surface area contributed by atoms with Gasteiger partial charge in [-0.2, -0.15) is 18.3 Å². The molecule has 0 aliphatic rings. The SMILES string of the molecule is CCc1cc(Nc2nccn3c(-c4cn[nH]c4C(F)(F)F)cnc23)ccc1C(=O)NCCCNC(=O)C(C)N. The van der Waals surface area contributed by atoms with E-state index in [4.69, 9.17) is 5.73 Å². The van der Waals surface area contributed by atoms with E-state index in [-0.39, 0.29) is 23.1 Å². The second kappa shape index (κ2) is 11.5. The van der Waals surface area contributed by atoms with Gasteiger partial charge in [0.05, 0.1) is 29.7 Å². The van der Waals surface area contributed by atoms with Gasteiger partial charge in [0, 0.05) is 36.7 Å². The number of rotatable bonds is 10. The van der Waals surface area contributed by atoms with Crippen LogP contribution >= 0.6 is 0 Å². The molecule has 3 aromatic heterocycles. The highest BCUT2D eigenvalue weighted by molar-refractivity contribution is 5.96. The summed E-state index contributed by atoms with van der Waals surface area (Å²) in [5, 5.41) is 14.2. The van der Waals surface area contributed by atoms with Gasteiger partial charge >= 0.3 is 6.18 Å². The summed E-state index contributed by atoms with van der Waals surface area (Å²) < 4.78 is 41.7. The molecule has 0 aliphatic carbocycles. The summed E-state index contributed by atoms with van der Waals surface area (Å²) >= 11 is 0. The number of fused-ring (bicyclic) bond motifs is 1. The number of nitrogens with zero attached hydrogens (tertiary/aromatic N) is 4. The Morgan fingerprint density at radius 2 is 1.92 bits per heavy atom. The highest BCUT2D eigenvalue weighted by atomic mass is 19.4. The topological polar surface area (TPSA) is 155 Å². The molecule has 1 atom stereocenters. The van der Waals surface area contributed by atoms with Crippen molar-refractivity contribution in [1.29, 1.82) is 0 Å². The first kappa shape index (κ1) is 27.6. The van der Waals surface area contributed by atoms with E-state index in [2.05, 4.69) is 31.0 Å². The summed E-state index contributed by atoms with van der Waals surface area (Å²) in [4.78, 5) is 32.8. The summed E-state index contributed by atoms with van der Waals surface area (Å²) in [6.07, 6.45) is 1.93. The third-order valence-electron chi connectivity index (χ3n) is 5.97. The maximum Gasteiger partial charge on any atom is 0.433 e. The molecule has 3 heterocycles. The van der Waals surface area contributed by atoms with E-state index in [1.807, 2.05) is 18.1 Å². The highest BCUT2D eigenvalue weighted by Crippen LogP contribution is 2.36. The molecule has 206 valence electrons. The molecule has 14 heteroatoms. The molecule has 0 spiro atoms. The minimum Gasteiger partial charge on any atom is -0.355 e. The van der Waals surface area contributed by atoms with Gasteiger partial charge in [0.2, 0.25) is 5.91 Å². The minimum absolute atomic E-state index is 0.132. The lowest BCUT2D eigenvalue weighted by Gasteiger charge is -2.13. The molecule has 4 aromatic rings. The molecule has 0 fully saturated rings. The smallest absolute Gasteiger partial charge is 0.355 e. The van der Waals surface area contributed by atoms with Crippen LogP contribution in [0.25, 0.3) is 16.9 Å². The molecule has 0 saturated heterocycles. The summed E-state index contributed by atoms with van der Waals surface area (Å²) in [6, 6.07) is 4.62. The molecule has 1 aromatic carbocycles. The van der Waals surface area contributed by atoms with Gasteiger partial charge in [0.15, 0.2) is 11.5 Å². The molecule has 4 rings (SSSR count). The van der Waals surface area contributed by atoms with Crippen LogP contribution in [0.4, 0.5) is 24.7 Å². The van der Waals surface area contributed by atoms with E-state index in [9.17, 15) is 22.8 Å². The number of nitrogens with one attached hydrogen (secondary N) is 4. The van der Waals surface area contributed by atoms with Crippen molar-refractivity contribution in [2.75, 3.05) is 18.4 Å². The number of aromatic amines is 1. The number of hydrogen-bond donors (Lipinski definition) is 5. The van der Waals surface area contributed by atoms with Gasteiger partial charge < -0.3 is 21.7 Å². The fourth-order valence-corrected chi connectivity index (χ4v) is 3.98. The van der Waals surface area contributed by atoms with Crippen molar-refractivity contribution in [1.82, 2.24) is 35.2 Å². The van der Waals surface area contributed by atoms with Crippen LogP contribution in [0.15, 0.2) is 43.0 Å². The number of hydrogen-bond acceptors (Lipinski definition) is 7. The third kappa shape index (κ3) is 6.17. The number of carbonyl (C=O) groups is 2. The number of carbonyl (C=O) groups excluding carboxylic acids is 2. The number of H-pyrrole nitrogens is 1. The molecular weight excluding hydrogens is 515 g/mol. The lowest BCUT2D eigenvalue weighted by molar-refractivity contribution is -0.140. The van der Waals surface area contributed by atoms with Gasteiger partial charge in [-0.05, 0) is 43.5 Å². The van der Waals surface area contributed by atoms with Crippen molar-refractivity contribution in [2.45, 2.75) is 38.9 Å². The van der Waals surface area contributed by atoms with Crippen LogP contribution < -0.4 is 21.7 Å². The Kier molecular flexibility index (Phi) is 8.14. The maximum atomic E-state index is 13.4. The first-order valence-electron chi connectivity index (χ1n) is 12.2. The predicted octanol–water partition coefficient (Wildman–Crippen LogP) is 3.03. The van der Waals surface area contributed by atoms with Crippen LogP contribution in [-0.2, 0) is 17.4 Å². The van der Waals surface area contributed by atoms with Gasteiger partial charge in [-0.3, -0.25) is 19.1 Å². The Balaban J connectivity index is 1.48. The number of alkyl halides is 3. The molecule has 6 N–H and O–H groups in total. The number of aryl methyl sites for hydroxylation is 1. The quantitative estimate of drug-likeness (QED) is 0.193. The van der Waals surface area contributed by atoms with E-state index in [1.54, 1.807) is 19.1 Å².